The van der Waals surface area contributed by atoms with Crippen LogP contribution in [0.5, 0.6) is 0 Å². The van der Waals surface area contributed by atoms with Crippen LogP contribution in [0.2, 0.25) is 0 Å². The lowest BCUT2D eigenvalue weighted by Crippen LogP contribution is -2.55. The van der Waals surface area contributed by atoms with E-state index < -0.39 is 10.0 Å². The monoisotopic (exact) mass is 442 g/mol. The van der Waals surface area contributed by atoms with Crippen molar-refractivity contribution >= 4 is 31.9 Å². The Morgan fingerprint density at radius 1 is 1.27 bits per heavy atom. The molecule has 0 radical (unpaired) electrons. The largest absolute Gasteiger partial charge is 0.343 e. The van der Waals surface area contributed by atoms with Crippen molar-refractivity contribution in [2.45, 2.75) is 24.3 Å². The smallest absolute Gasteiger partial charge is 0.243 e. The number of hydrogen-bond donors (Lipinski definition) is 0. The zero-order valence-electron chi connectivity index (χ0n) is 14.9. The van der Waals surface area contributed by atoms with E-state index in [-0.39, 0.29) is 16.8 Å². The van der Waals surface area contributed by atoms with Crippen molar-refractivity contribution in [3.63, 3.8) is 0 Å². The maximum atomic E-state index is 12.7. The second kappa shape index (κ2) is 8.95. The minimum atomic E-state index is -3.52. The average Bonchev–Trinajstić information content (AvgIpc) is 2.65. The van der Waals surface area contributed by atoms with Crippen LogP contribution in [0.15, 0.2) is 33.6 Å². The molecule has 1 saturated heterocycles. The molecule has 1 heterocycles. The van der Waals surface area contributed by atoms with Crippen molar-refractivity contribution in [3.8, 4) is 6.07 Å². The van der Waals surface area contributed by atoms with Gasteiger partial charge >= 0.3 is 0 Å². The van der Waals surface area contributed by atoms with Gasteiger partial charge in [-0.05, 0) is 31.2 Å². The number of piperazine rings is 1. The van der Waals surface area contributed by atoms with E-state index in [9.17, 15) is 13.2 Å². The van der Waals surface area contributed by atoms with Gasteiger partial charge in [-0.1, -0.05) is 15.9 Å². The summed E-state index contributed by atoms with van der Waals surface area (Å²) in [5, 5.41) is 8.64. The molecule has 7 nitrogen and oxygen atoms in total. The lowest BCUT2D eigenvalue weighted by atomic mass is 10.2. The van der Waals surface area contributed by atoms with E-state index in [1.165, 1.54) is 4.31 Å². The Balaban J connectivity index is 1.97. The number of benzene rings is 1. The predicted molar refractivity (Wildman–Crippen MR) is 102 cm³/mol. The van der Waals surface area contributed by atoms with Crippen LogP contribution in [0, 0.1) is 11.3 Å². The maximum Gasteiger partial charge on any atom is 0.243 e. The van der Waals surface area contributed by atoms with Crippen LogP contribution in [0.3, 0.4) is 0 Å². The van der Waals surface area contributed by atoms with Gasteiger partial charge in [0, 0.05) is 44.2 Å². The van der Waals surface area contributed by atoms with E-state index in [1.54, 1.807) is 36.2 Å². The summed E-state index contributed by atoms with van der Waals surface area (Å²) in [5.74, 6) is -0.0514. The first kappa shape index (κ1) is 20.8. The first-order valence-corrected chi connectivity index (χ1v) is 10.6. The van der Waals surface area contributed by atoms with Gasteiger partial charge in [0.15, 0.2) is 0 Å². The van der Waals surface area contributed by atoms with Crippen LogP contribution in [-0.4, -0.2) is 74.2 Å². The van der Waals surface area contributed by atoms with Crippen molar-refractivity contribution < 1.29 is 13.2 Å². The molecule has 9 heteroatoms. The molecule has 1 aromatic carbocycles. The molecule has 26 heavy (non-hydrogen) atoms. The lowest BCUT2D eigenvalue weighted by molar-refractivity contribution is -0.135. The predicted octanol–water partition coefficient (Wildman–Crippen LogP) is 1.52. The molecule has 1 unspecified atom stereocenters. The van der Waals surface area contributed by atoms with Crippen LogP contribution in [-0.2, 0) is 14.8 Å². The second-order valence-electron chi connectivity index (χ2n) is 6.24. The van der Waals surface area contributed by atoms with E-state index in [4.69, 9.17) is 5.26 Å². The van der Waals surface area contributed by atoms with Gasteiger partial charge in [0.2, 0.25) is 15.9 Å². The molecule has 1 aliphatic rings. The van der Waals surface area contributed by atoms with Crippen molar-refractivity contribution in [3.05, 3.63) is 28.7 Å². The number of amides is 1. The van der Waals surface area contributed by atoms with Crippen molar-refractivity contribution in [2.24, 2.45) is 0 Å². The minimum Gasteiger partial charge on any atom is -0.343 e. The van der Waals surface area contributed by atoms with Crippen LogP contribution >= 0.6 is 15.9 Å². The fourth-order valence-electron chi connectivity index (χ4n) is 2.89. The van der Waals surface area contributed by atoms with Gasteiger partial charge in [0.05, 0.1) is 23.4 Å². The number of likely N-dealkylation sites (N-methyl/N-ethyl adjacent to an activating group) is 1. The van der Waals surface area contributed by atoms with E-state index in [1.807, 2.05) is 17.9 Å². The number of hydrogen-bond acceptors (Lipinski definition) is 5. The number of sulfonamides is 1. The number of halogens is 1. The van der Waals surface area contributed by atoms with Gasteiger partial charge in [0.25, 0.3) is 0 Å². The number of carbonyl (C=O) groups is 1. The molecule has 2 rings (SSSR count). The fourth-order valence-corrected chi connectivity index (χ4v) is 4.58. The molecular formula is C17H23BrN4O3S. The van der Waals surface area contributed by atoms with E-state index in [0.717, 1.165) is 4.47 Å². The first-order valence-electron chi connectivity index (χ1n) is 8.39. The molecule has 0 aliphatic carbocycles. The summed E-state index contributed by atoms with van der Waals surface area (Å²) in [5.41, 5.74) is 0. The highest BCUT2D eigenvalue weighted by Crippen LogP contribution is 2.20. The Morgan fingerprint density at radius 3 is 2.38 bits per heavy atom. The summed E-state index contributed by atoms with van der Waals surface area (Å²) in [4.78, 5) is 16.2. The molecule has 0 aromatic heterocycles. The Bertz CT molecular complexity index is 768. The summed E-state index contributed by atoms with van der Waals surface area (Å²) in [7, 11) is -1.84. The third-order valence-corrected chi connectivity index (χ3v) is 7.01. The molecule has 0 bridgehead atoms. The van der Waals surface area contributed by atoms with E-state index in [2.05, 4.69) is 15.9 Å². The molecule has 0 N–H and O–H groups in total. The second-order valence-corrected chi connectivity index (χ2v) is 9.09. The SMILES string of the molecule is CC(C(=O)N(C)CCC#N)N1CCN(S(=O)(=O)c2ccc(Br)cc2)CC1. The van der Waals surface area contributed by atoms with E-state index in [0.29, 0.717) is 39.1 Å². The maximum absolute atomic E-state index is 12.7. The van der Waals surface area contributed by atoms with Gasteiger partial charge in [-0.2, -0.15) is 9.57 Å². The fraction of sp³-hybridized carbons (Fsp3) is 0.529. The van der Waals surface area contributed by atoms with Crippen molar-refractivity contribution in [2.75, 3.05) is 39.8 Å². The summed E-state index contributed by atoms with van der Waals surface area (Å²) in [6.45, 7) is 3.90. The van der Waals surface area contributed by atoms with Crippen molar-refractivity contribution in [1.29, 1.82) is 5.26 Å². The average molecular weight is 443 g/mol. The van der Waals surface area contributed by atoms with Gasteiger partial charge < -0.3 is 4.90 Å². The quantitative estimate of drug-likeness (QED) is 0.666. The zero-order valence-corrected chi connectivity index (χ0v) is 17.3. The standard InChI is InChI=1S/C17H23BrN4O3S/c1-14(17(23)20(2)9-3-8-19)21-10-12-22(13-11-21)26(24,25)16-6-4-15(18)5-7-16/h4-7,14H,3,9-13H2,1-2H3. The zero-order chi connectivity index (χ0) is 19.3. The van der Waals surface area contributed by atoms with E-state index >= 15 is 0 Å². The highest BCUT2D eigenvalue weighted by Gasteiger charge is 2.32. The summed E-state index contributed by atoms with van der Waals surface area (Å²) < 4.78 is 27.7. The third kappa shape index (κ3) is 4.82. The topological polar surface area (TPSA) is 84.7 Å². The Hall–Kier alpha value is -1.47. The minimum absolute atomic E-state index is 0.0514. The molecule has 142 valence electrons. The molecule has 1 aliphatic heterocycles. The van der Waals surface area contributed by atoms with Crippen LogP contribution in [0.1, 0.15) is 13.3 Å². The van der Waals surface area contributed by atoms with Crippen LogP contribution in [0.25, 0.3) is 0 Å². The lowest BCUT2D eigenvalue weighted by Gasteiger charge is -2.37. The molecule has 1 atom stereocenters. The Kier molecular flexibility index (Phi) is 7.17. The van der Waals surface area contributed by atoms with Gasteiger partial charge in [-0.3, -0.25) is 9.69 Å². The summed E-state index contributed by atoms with van der Waals surface area (Å²) in [6.07, 6.45) is 0.300. The highest BCUT2D eigenvalue weighted by atomic mass is 79.9. The Labute approximate surface area is 163 Å². The highest BCUT2D eigenvalue weighted by molar-refractivity contribution is 9.10. The summed E-state index contributed by atoms with van der Waals surface area (Å²) >= 11 is 3.30. The number of rotatable bonds is 6. The molecular weight excluding hydrogens is 420 g/mol. The number of carbonyl (C=O) groups excluding carboxylic acids is 1. The van der Waals surface area contributed by atoms with Crippen molar-refractivity contribution in [1.82, 2.24) is 14.1 Å². The normalized spacial score (nSPS) is 17.5. The molecule has 1 fully saturated rings. The molecule has 0 saturated carbocycles. The van der Waals surface area contributed by atoms with Crippen LogP contribution in [0.4, 0.5) is 0 Å². The van der Waals surface area contributed by atoms with Gasteiger partial charge in [-0.15, -0.1) is 0 Å². The third-order valence-electron chi connectivity index (χ3n) is 4.56. The molecule has 1 aromatic rings. The summed E-state index contributed by atoms with van der Waals surface area (Å²) in [6, 6.07) is 8.28. The first-order chi connectivity index (χ1) is 12.3. The van der Waals surface area contributed by atoms with Gasteiger partial charge in [0.1, 0.15) is 0 Å². The van der Waals surface area contributed by atoms with Crippen LogP contribution < -0.4 is 0 Å². The number of nitrogens with zero attached hydrogens (tertiary/aromatic N) is 4. The number of nitriles is 1. The van der Waals surface area contributed by atoms with Gasteiger partial charge in [-0.25, -0.2) is 8.42 Å². The Morgan fingerprint density at radius 2 is 1.85 bits per heavy atom. The molecule has 1 amide bonds. The molecule has 0 spiro atoms.